The molecular weight excluding hydrogens is 501 g/mol. The summed E-state index contributed by atoms with van der Waals surface area (Å²) in [7, 11) is 3.33. The molecule has 1 aromatic carbocycles. The number of ether oxygens (including phenoxy) is 1. The molecule has 37 heavy (non-hydrogen) atoms. The minimum Gasteiger partial charge on any atom is -0.394 e. The molecule has 1 aliphatic rings. The van der Waals surface area contributed by atoms with Gasteiger partial charge in [0.05, 0.1) is 42.4 Å². The highest BCUT2D eigenvalue weighted by molar-refractivity contribution is 6.33. The number of rotatable bonds is 9. The summed E-state index contributed by atoms with van der Waals surface area (Å²) in [5, 5.41) is 17.2. The minimum atomic E-state index is -0.456. The number of carbonyl (C=O) groups is 1. The molecule has 0 unspecified atom stereocenters. The van der Waals surface area contributed by atoms with Crippen LogP contribution in [0.25, 0.3) is 0 Å². The van der Waals surface area contributed by atoms with E-state index < -0.39 is 11.7 Å². The first-order valence-corrected chi connectivity index (χ1v) is 11.8. The molecule has 4 N–H and O–H groups in total. The molecule has 0 bridgehead atoms. The number of aromatic nitrogens is 3. The fourth-order valence-corrected chi connectivity index (χ4v) is 4.20. The van der Waals surface area contributed by atoms with Gasteiger partial charge >= 0.3 is 0 Å². The van der Waals surface area contributed by atoms with Crippen molar-refractivity contribution in [1.82, 2.24) is 19.7 Å². The van der Waals surface area contributed by atoms with E-state index in [2.05, 4.69) is 20.4 Å². The van der Waals surface area contributed by atoms with Gasteiger partial charge in [-0.1, -0.05) is 17.7 Å². The molecule has 1 aliphatic heterocycles. The number of aliphatic hydroxyl groups is 1. The van der Waals surface area contributed by atoms with E-state index in [4.69, 9.17) is 22.1 Å². The third-order valence-corrected chi connectivity index (χ3v) is 6.33. The Morgan fingerprint density at radius 1 is 1.35 bits per heavy atom. The van der Waals surface area contributed by atoms with E-state index in [1.165, 1.54) is 42.6 Å². The number of aliphatic hydroxyl groups excluding tert-OH is 1. The molecule has 0 radical (unpaired) electrons. The van der Waals surface area contributed by atoms with E-state index in [1.807, 2.05) is 0 Å². The Kier molecular flexibility index (Phi) is 8.17. The highest BCUT2D eigenvalue weighted by Crippen LogP contribution is 2.29. The first kappa shape index (κ1) is 26.3. The van der Waals surface area contributed by atoms with Crippen LogP contribution in [0, 0.1) is 5.82 Å². The smallest absolute Gasteiger partial charge is 0.270 e. The number of benzene rings is 1. The average molecular weight is 528 g/mol. The largest absolute Gasteiger partial charge is 0.394 e. The molecule has 0 saturated heterocycles. The average Bonchev–Trinajstić information content (AvgIpc) is 3.28. The Hall–Kier alpha value is -3.80. The SMILES string of the molecule is COC[C@H]1CC(C=Nc2cc(Nc3ccnn3C)ncc2Cl)=C(N)C(=O)N1Cc1cc(F)ccc1CO. The van der Waals surface area contributed by atoms with Gasteiger partial charge in [-0.05, 0) is 29.7 Å². The topological polar surface area (TPSA) is 131 Å². The van der Waals surface area contributed by atoms with Gasteiger partial charge in [0, 0.05) is 44.6 Å². The van der Waals surface area contributed by atoms with Gasteiger partial charge in [0.1, 0.15) is 23.1 Å². The van der Waals surface area contributed by atoms with Gasteiger partial charge in [-0.15, -0.1) is 0 Å². The summed E-state index contributed by atoms with van der Waals surface area (Å²) in [6.45, 7) is 0.0275. The number of hydrogen-bond donors (Lipinski definition) is 3. The fraction of sp³-hybridized carbons (Fsp3) is 0.280. The molecule has 3 heterocycles. The first-order valence-electron chi connectivity index (χ1n) is 11.4. The van der Waals surface area contributed by atoms with Gasteiger partial charge in [-0.25, -0.2) is 9.37 Å². The van der Waals surface area contributed by atoms with Gasteiger partial charge < -0.3 is 25.8 Å². The van der Waals surface area contributed by atoms with E-state index in [1.54, 1.807) is 30.1 Å². The van der Waals surface area contributed by atoms with Crippen molar-refractivity contribution in [3.8, 4) is 0 Å². The number of anilines is 2. The number of nitrogens with zero attached hydrogens (tertiary/aromatic N) is 5. The lowest BCUT2D eigenvalue weighted by atomic mass is 9.96. The highest BCUT2D eigenvalue weighted by Gasteiger charge is 2.33. The number of hydrogen-bond acceptors (Lipinski definition) is 8. The molecule has 1 amide bonds. The molecule has 2 aromatic heterocycles. The minimum absolute atomic E-state index is 0.0245. The van der Waals surface area contributed by atoms with Crippen LogP contribution in [-0.2, 0) is 29.7 Å². The maximum Gasteiger partial charge on any atom is 0.270 e. The summed E-state index contributed by atoms with van der Waals surface area (Å²) in [5.74, 6) is 0.366. The second-order valence-corrected chi connectivity index (χ2v) is 8.91. The highest BCUT2D eigenvalue weighted by atomic mass is 35.5. The van der Waals surface area contributed by atoms with Crippen LogP contribution in [0.4, 0.5) is 21.7 Å². The van der Waals surface area contributed by atoms with Crippen LogP contribution in [-0.4, -0.2) is 56.7 Å². The Labute approximate surface area is 218 Å². The predicted octanol–water partition coefficient (Wildman–Crippen LogP) is 3.21. The zero-order chi connectivity index (χ0) is 26.5. The van der Waals surface area contributed by atoms with Crippen molar-refractivity contribution >= 4 is 41.0 Å². The summed E-state index contributed by atoms with van der Waals surface area (Å²) >= 11 is 6.31. The number of nitrogens with one attached hydrogen (secondary N) is 1. The number of nitrogens with two attached hydrogens (primary N) is 1. The lowest BCUT2D eigenvalue weighted by Gasteiger charge is -2.36. The summed E-state index contributed by atoms with van der Waals surface area (Å²) in [4.78, 5) is 23.5. The summed E-state index contributed by atoms with van der Waals surface area (Å²) in [6, 6.07) is 7.17. The molecule has 0 saturated carbocycles. The summed E-state index contributed by atoms with van der Waals surface area (Å²) < 4.78 is 20.9. The molecule has 1 atom stereocenters. The molecule has 0 fully saturated rings. The van der Waals surface area contributed by atoms with Crippen LogP contribution in [0.3, 0.4) is 0 Å². The number of carbonyl (C=O) groups excluding carboxylic acids is 1. The third kappa shape index (κ3) is 5.96. The predicted molar refractivity (Wildman–Crippen MR) is 138 cm³/mol. The second kappa shape index (κ2) is 11.5. The Morgan fingerprint density at radius 3 is 2.86 bits per heavy atom. The Morgan fingerprint density at radius 2 is 2.16 bits per heavy atom. The zero-order valence-electron chi connectivity index (χ0n) is 20.4. The van der Waals surface area contributed by atoms with Gasteiger partial charge in [0.2, 0.25) is 0 Å². The molecule has 194 valence electrons. The van der Waals surface area contributed by atoms with Gasteiger partial charge in [0.25, 0.3) is 5.91 Å². The van der Waals surface area contributed by atoms with Crippen LogP contribution >= 0.6 is 11.6 Å². The number of aliphatic imine (C=N–C) groups is 1. The quantitative estimate of drug-likeness (QED) is 0.364. The standard InChI is InChI=1S/C25H27ClFN7O3/c1-33-23(5-6-31-33)32-22-9-21(20(26)11-30-22)29-10-16-8-19(14-37-2)34(25(36)24(16)28)12-17-7-18(27)4-3-15(17)13-35/h3-7,9-11,19,35H,8,12-14,28H2,1-2H3,(H,30,32)/t19-/m1/s1. The number of pyridine rings is 1. The molecule has 4 rings (SSSR count). The van der Waals surface area contributed by atoms with E-state index in [0.717, 1.165) is 5.82 Å². The van der Waals surface area contributed by atoms with Gasteiger partial charge in [0.15, 0.2) is 0 Å². The fourth-order valence-electron chi connectivity index (χ4n) is 4.05. The van der Waals surface area contributed by atoms with Crippen molar-refractivity contribution in [2.45, 2.75) is 25.6 Å². The van der Waals surface area contributed by atoms with Gasteiger partial charge in [-0.3, -0.25) is 14.5 Å². The van der Waals surface area contributed by atoms with Crippen molar-refractivity contribution in [1.29, 1.82) is 0 Å². The second-order valence-electron chi connectivity index (χ2n) is 8.50. The first-order chi connectivity index (χ1) is 17.8. The van der Waals surface area contributed by atoms with E-state index >= 15 is 0 Å². The van der Waals surface area contributed by atoms with Crippen LogP contribution < -0.4 is 11.1 Å². The van der Waals surface area contributed by atoms with E-state index in [-0.39, 0.29) is 31.5 Å². The molecule has 3 aromatic rings. The van der Waals surface area contributed by atoms with Crippen LogP contribution in [0.15, 0.2) is 59.0 Å². The van der Waals surface area contributed by atoms with E-state index in [9.17, 15) is 14.3 Å². The van der Waals surface area contributed by atoms with Crippen molar-refractivity contribution in [2.75, 3.05) is 19.0 Å². The number of aryl methyl sites for hydroxylation is 1. The van der Waals surface area contributed by atoms with Crippen molar-refractivity contribution in [3.63, 3.8) is 0 Å². The number of halogens is 2. The molecule has 12 heteroatoms. The number of amides is 1. The lowest BCUT2D eigenvalue weighted by Crippen LogP contribution is -2.48. The van der Waals surface area contributed by atoms with Crippen molar-refractivity contribution in [2.24, 2.45) is 17.8 Å². The molecule has 10 nitrogen and oxygen atoms in total. The Bertz CT molecular complexity index is 1360. The Balaban J connectivity index is 1.59. The lowest BCUT2D eigenvalue weighted by molar-refractivity contribution is -0.132. The maximum absolute atomic E-state index is 13.9. The van der Waals surface area contributed by atoms with Crippen LogP contribution in [0.2, 0.25) is 5.02 Å². The monoisotopic (exact) mass is 527 g/mol. The van der Waals surface area contributed by atoms with E-state index in [0.29, 0.717) is 39.6 Å². The third-order valence-electron chi connectivity index (χ3n) is 6.04. The summed E-state index contributed by atoms with van der Waals surface area (Å²) in [5.41, 5.74) is 8.25. The molecule has 0 aliphatic carbocycles. The summed E-state index contributed by atoms with van der Waals surface area (Å²) in [6.07, 6.45) is 5.01. The van der Waals surface area contributed by atoms with Crippen molar-refractivity contribution in [3.05, 3.63) is 76.0 Å². The normalized spacial score (nSPS) is 16.2. The van der Waals surface area contributed by atoms with Crippen LogP contribution in [0.1, 0.15) is 17.5 Å². The maximum atomic E-state index is 13.9. The number of methoxy groups -OCH3 is 1. The van der Waals surface area contributed by atoms with Crippen molar-refractivity contribution < 1.29 is 19.0 Å². The molecule has 0 spiro atoms. The van der Waals surface area contributed by atoms with Crippen LogP contribution in [0.5, 0.6) is 0 Å². The van der Waals surface area contributed by atoms with Gasteiger partial charge in [-0.2, -0.15) is 5.10 Å². The molecular formula is C25H27ClFN7O3. The zero-order valence-corrected chi connectivity index (χ0v) is 21.1.